The van der Waals surface area contributed by atoms with E-state index in [1.165, 1.54) is 0 Å². The Kier molecular flexibility index (Phi) is 6.20. The van der Waals surface area contributed by atoms with Crippen LogP contribution in [0, 0.1) is 5.92 Å². The summed E-state index contributed by atoms with van der Waals surface area (Å²) in [6, 6.07) is 3.80. The average Bonchev–Trinajstić information content (AvgIpc) is 3.00. The van der Waals surface area contributed by atoms with Crippen LogP contribution in [0.5, 0.6) is 0 Å². The molecule has 2 aromatic heterocycles. The Morgan fingerprint density at radius 1 is 1.23 bits per heavy atom. The van der Waals surface area contributed by atoms with Crippen LogP contribution in [0.4, 0.5) is 5.95 Å². The van der Waals surface area contributed by atoms with Crippen molar-refractivity contribution in [2.24, 2.45) is 5.92 Å². The van der Waals surface area contributed by atoms with Gasteiger partial charge in [-0.1, -0.05) is 6.92 Å². The molecule has 0 amide bonds. The summed E-state index contributed by atoms with van der Waals surface area (Å²) in [6.45, 7) is 5.48. The van der Waals surface area contributed by atoms with Crippen LogP contribution in [-0.4, -0.2) is 64.2 Å². The maximum Gasteiger partial charge on any atom is 0.222 e. The maximum atomic E-state index is 11.9. The maximum absolute atomic E-state index is 11.9. The minimum atomic E-state index is -2.96. The van der Waals surface area contributed by atoms with Crippen LogP contribution in [0.25, 0.3) is 0 Å². The molecule has 0 fully saturated rings. The molecule has 0 aliphatic carbocycles. The summed E-state index contributed by atoms with van der Waals surface area (Å²) in [7, 11) is -2.96. The van der Waals surface area contributed by atoms with Crippen molar-refractivity contribution >= 4 is 15.8 Å². The molecule has 2 aromatic rings. The van der Waals surface area contributed by atoms with Crippen LogP contribution in [0.1, 0.15) is 19.0 Å². The summed E-state index contributed by atoms with van der Waals surface area (Å²) in [5.41, 5.74) is 1.14. The lowest BCUT2D eigenvalue weighted by atomic mass is 10.1. The van der Waals surface area contributed by atoms with E-state index in [2.05, 4.69) is 25.3 Å². The first-order chi connectivity index (χ1) is 12.6. The van der Waals surface area contributed by atoms with Crippen molar-refractivity contribution in [3.8, 4) is 0 Å². The number of nitrogens with zero attached hydrogens (tertiary/aromatic N) is 5. The van der Waals surface area contributed by atoms with E-state index in [0.717, 1.165) is 38.3 Å². The van der Waals surface area contributed by atoms with E-state index in [0.29, 0.717) is 18.4 Å². The first-order valence-electron chi connectivity index (χ1n) is 9.00. The molecular formula is C17H26N6O2S. The second-order valence-electron chi connectivity index (χ2n) is 6.63. The zero-order valence-corrected chi connectivity index (χ0v) is 15.9. The highest BCUT2D eigenvalue weighted by molar-refractivity contribution is 7.91. The first kappa shape index (κ1) is 18.8. The van der Waals surface area contributed by atoms with E-state index in [9.17, 15) is 8.42 Å². The van der Waals surface area contributed by atoms with Crippen molar-refractivity contribution in [3.63, 3.8) is 0 Å². The van der Waals surface area contributed by atoms with Gasteiger partial charge >= 0.3 is 0 Å². The quantitative estimate of drug-likeness (QED) is 0.734. The van der Waals surface area contributed by atoms with Gasteiger partial charge in [0.2, 0.25) is 5.95 Å². The van der Waals surface area contributed by atoms with E-state index in [-0.39, 0.29) is 11.5 Å². The minimum absolute atomic E-state index is 0.198. The number of aromatic nitrogens is 4. The number of hydrogen-bond donors (Lipinski definition) is 1. The standard InChI is InChI=1S/C17H26N6O2S/c1-2-26(24,25)11-10-22-12-15(13-23-16(14-22)5-9-21-23)4-8-20-17-18-6-3-7-19-17/h3,5-7,9,15H,2,4,8,10-14H2,1H3,(H,18,19,20)/t15-/m0/s1. The van der Waals surface area contributed by atoms with Gasteiger partial charge in [-0.15, -0.1) is 0 Å². The third kappa shape index (κ3) is 5.25. The van der Waals surface area contributed by atoms with Crippen molar-refractivity contribution in [3.05, 3.63) is 36.4 Å². The van der Waals surface area contributed by atoms with Crippen molar-refractivity contribution in [2.75, 3.05) is 36.5 Å². The number of hydrogen-bond acceptors (Lipinski definition) is 7. The van der Waals surface area contributed by atoms with Gasteiger partial charge in [-0.25, -0.2) is 18.4 Å². The third-order valence-corrected chi connectivity index (χ3v) is 6.38. The number of rotatable bonds is 8. The van der Waals surface area contributed by atoms with E-state index in [1.54, 1.807) is 25.4 Å². The highest BCUT2D eigenvalue weighted by atomic mass is 32.2. The molecule has 0 saturated heterocycles. The number of fused-ring (bicyclic) bond motifs is 1. The second-order valence-corrected chi connectivity index (χ2v) is 9.10. The lowest BCUT2D eigenvalue weighted by molar-refractivity contribution is 0.236. The summed E-state index contributed by atoms with van der Waals surface area (Å²) >= 11 is 0. The average molecular weight is 379 g/mol. The fraction of sp³-hybridized carbons (Fsp3) is 0.588. The van der Waals surface area contributed by atoms with Crippen LogP contribution < -0.4 is 5.32 Å². The molecule has 3 heterocycles. The zero-order chi connectivity index (χ0) is 18.4. The normalized spacial score (nSPS) is 18.3. The molecule has 0 spiro atoms. The Hall–Kier alpha value is -2.00. The van der Waals surface area contributed by atoms with Gasteiger partial charge in [0.05, 0.1) is 11.4 Å². The molecule has 1 aliphatic heterocycles. The highest BCUT2D eigenvalue weighted by Crippen LogP contribution is 2.18. The molecular weight excluding hydrogens is 352 g/mol. The van der Waals surface area contributed by atoms with Gasteiger partial charge in [-0.05, 0) is 24.5 Å². The topological polar surface area (TPSA) is 93.0 Å². The molecule has 3 rings (SSSR count). The summed E-state index contributed by atoms with van der Waals surface area (Å²) in [4.78, 5) is 10.6. The molecule has 1 aliphatic rings. The van der Waals surface area contributed by atoms with Gasteiger partial charge in [-0.3, -0.25) is 9.58 Å². The molecule has 8 nitrogen and oxygen atoms in total. The molecule has 26 heavy (non-hydrogen) atoms. The van der Waals surface area contributed by atoms with Crippen LogP contribution in [0.15, 0.2) is 30.7 Å². The molecule has 0 radical (unpaired) electrons. The monoisotopic (exact) mass is 378 g/mol. The Morgan fingerprint density at radius 3 is 2.81 bits per heavy atom. The summed E-state index contributed by atoms with van der Waals surface area (Å²) in [5, 5.41) is 7.66. The van der Waals surface area contributed by atoms with E-state index in [1.807, 2.05) is 16.9 Å². The molecule has 142 valence electrons. The summed E-state index contributed by atoms with van der Waals surface area (Å²) < 4.78 is 25.8. The van der Waals surface area contributed by atoms with Crippen molar-refractivity contribution < 1.29 is 8.42 Å². The van der Waals surface area contributed by atoms with E-state index < -0.39 is 9.84 Å². The Balaban J connectivity index is 1.59. The van der Waals surface area contributed by atoms with Crippen molar-refractivity contribution in [1.29, 1.82) is 0 Å². The van der Waals surface area contributed by atoms with Crippen molar-refractivity contribution in [2.45, 2.75) is 26.4 Å². The van der Waals surface area contributed by atoms with Gasteiger partial charge < -0.3 is 5.32 Å². The summed E-state index contributed by atoms with van der Waals surface area (Å²) in [6.07, 6.45) is 6.18. The molecule has 0 aromatic carbocycles. The second kappa shape index (κ2) is 8.59. The smallest absolute Gasteiger partial charge is 0.222 e. The van der Waals surface area contributed by atoms with Gasteiger partial charge in [0.15, 0.2) is 9.84 Å². The number of nitrogens with one attached hydrogen (secondary N) is 1. The Bertz CT molecular complexity index is 793. The lowest BCUT2D eigenvalue weighted by Gasteiger charge is -2.23. The molecule has 1 N–H and O–H groups in total. The van der Waals surface area contributed by atoms with Gasteiger partial charge in [0, 0.05) is 57.1 Å². The van der Waals surface area contributed by atoms with Gasteiger partial charge in [0.25, 0.3) is 0 Å². The zero-order valence-electron chi connectivity index (χ0n) is 15.1. The van der Waals surface area contributed by atoms with Crippen LogP contribution in [-0.2, 0) is 22.9 Å². The summed E-state index contributed by atoms with van der Waals surface area (Å²) in [5.74, 6) is 1.42. The van der Waals surface area contributed by atoms with Crippen molar-refractivity contribution in [1.82, 2.24) is 24.6 Å². The number of sulfone groups is 1. The molecule has 9 heteroatoms. The van der Waals surface area contributed by atoms with Crippen LogP contribution >= 0.6 is 0 Å². The minimum Gasteiger partial charge on any atom is -0.354 e. The molecule has 1 atom stereocenters. The Labute approximate surface area is 154 Å². The first-order valence-corrected chi connectivity index (χ1v) is 10.8. The van der Waals surface area contributed by atoms with Gasteiger partial charge in [-0.2, -0.15) is 5.10 Å². The predicted molar refractivity (Wildman–Crippen MR) is 100 cm³/mol. The predicted octanol–water partition coefficient (Wildman–Crippen LogP) is 1.04. The van der Waals surface area contributed by atoms with E-state index >= 15 is 0 Å². The fourth-order valence-corrected chi connectivity index (χ4v) is 3.99. The largest absolute Gasteiger partial charge is 0.354 e. The molecule has 0 saturated carbocycles. The van der Waals surface area contributed by atoms with Crippen LogP contribution in [0.3, 0.4) is 0 Å². The third-order valence-electron chi connectivity index (χ3n) is 4.70. The Morgan fingerprint density at radius 2 is 2.04 bits per heavy atom. The number of anilines is 1. The molecule has 0 unspecified atom stereocenters. The fourth-order valence-electron chi connectivity index (χ4n) is 3.16. The van der Waals surface area contributed by atoms with E-state index in [4.69, 9.17) is 0 Å². The lowest BCUT2D eigenvalue weighted by Crippen LogP contribution is -2.33. The van der Waals surface area contributed by atoms with Gasteiger partial charge in [0.1, 0.15) is 0 Å². The highest BCUT2D eigenvalue weighted by Gasteiger charge is 2.23. The molecule has 0 bridgehead atoms. The SMILES string of the molecule is CCS(=O)(=O)CCN1Cc2ccnn2C[C@@H](CCNc2ncccn2)C1. The van der Waals surface area contributed by atoms with Crippen LogP contribution in [0.2, 0.25) is 0 Å².